The minimum absolute atomic E-state index is 0.901. The molecule has 4 aromatic rings. The molecule has 0 spiro atoms. The molecule has 360 valence electrons. The van der Waals surface area contributed by atoms with E-state index in [1.807, 2.05) is 0 Å². The fourth-order valence-corrected chi connectivity index (χ4v) is 13.7. The third-order valence-electron chi connectivity index (χ3n) is 12.9. The second-order valence-electron chi connectivity index (χ2n) is 18.4. The Morgan fingerprint density at radius 1 is 0.303 bits per heavy atom. The number of thiophene rings is 3. The second-order valence-corrected chi connectivity index (χ2v) is 23.6. The first-order valence-electron chi connectivity index (χ1n) is 26.4. The van der Waals surface area contributed by atoms with Crippen molar-refractivity contribution in [3.8, 4) is 35.5 Å². The molecule has 0 atom stereocenters. The molecule has 0 saturated carbocycles. The number of rotatable bonds is 33. The van der Waals surface area contributed by atoms with Crippen LogP contribution in [0.3, 0.4) is 0 Å². The van der Waals surface area contributed by atoms with E-state index in [0.717, 1.165) is 49.4 Å². The van der Waals surface area contributed by atoms with Crippen LogP contribution in [0, 0.1) is 35.5 Å². The lowest BCUT2D eigenvalue weighted by molar-refractivity contribution is 0.556. The van der Waals surface area contributed by atoms with Crippen molar-refractivity contribution in [2.45, 2.75) is 233 Å². The Morgan fingerprint density at radius 2 is 0.515 bits per heavy atom. The summed E-state index contributed by atoms with van der Waals surface area (Å²) in [6.07, 6.45) is 43.8. The standard InChI is InChI=1S/C60H81Br3S3/c1-4-7-10-13-16-19-22-25-28-31-34-49-43-46-64-55(49)40-37-52-58(61)53(38-41-56-50(44-47-65-56)35-32-29-26-23-20-17-14-11-8-5-2)60(63)54(59(52)62)39-42-57-51(45-48-66-57)36-33-30-27-24-21-18-15-12-9-6-3/h43-48H,4-36H2,1-3H3. The molecular weight excluding hydrogens is 1060 g/mol. The highest BCUT2D eigenvalue weighted by molar-refractivity contribution is 9.11. The number of halogens is 3. The number of aryl methyl sites for hydroxylation is 3. The molecule has 66 heavy (non-hydrogen) atoms. The van der Waals surface area contributed by atoms with Crippen LogP contribution in [0.25, 0.3) is 0 Å². The van der Waals surface area contributed by atoms with Crippen LogP contribution < -0.4 is 0 Å². The molecule has 0 unspecified atom stereocenters. The third-order valence-corrected chi connectivity index (χ3v) is 17.9. The van der Waals surface area contributed by atoms with Gasteiger partial charge in [-0.3, -0.25) is 0 Å². The van der Waals surface area contributed by atoms with Crippen molar-refractivity contribution in [3.05, 3.63) is 95.8 Å². The molecule has 0 fully saturated rings. The summed E-state index contributed by atoms with van der Waals surface area (Å²) in [4.78, 5) is 3.50. The van der Waals surface area contributed by atoms with E-state index in [4.69, 9.17) is 0 Å². The zero-order valence-corrected chi connectivity index (χ0v) is 48.4. The summed E-state index contributed by atoms with van der Waals surface area (Å²) in [6.45, 7) is 6.88. The molecule has 0 aliphatic rings. The lowest BCUT2D eigenvalue weighted by atomic mass is 10.0. The number of unbranched alkanes of at least 4 members (excludes halogenated alkanes) is 27. The summed E-state index contributed by atoms with van der Waals surface area (Å²) < 4.78 is 2.72. The largest absolute Gasteiger partial charge is 0.135 e. The predicted octanol–water partition coefficient (Wildman–Crippen LogP) is 21.7. The van der Waals surface area contributed by atoms with Gasteiger partial charge >= 0.3 is 0 Å². The van der Waals surface area contributed by atoms with Crippen LogP contribution in [0.2, 0.25) is 0 Å². The fraction of sp³-hybridized carbons (Fsp3) is 0.600. The summed E-state index contributed by atoms with van der Waals surface area (Å²) >= 11 is 17.3. The molecule has 3 aromatic heterocycles. The lowest BCUT2D eigenvalue weighted by Gasteiger charge is -2.10. The smallest absolute Gasteiger partial charge is 0.0804 e. The first-order chi connectivity index (χ1) is 32.5. The average Bonchev–Trinajstić information content (AvgIpc) is 4.10. The molecule has 6 heteroatoms. The van der Waals surface area contributed by atoms with Crippen LogP contribution in [0.15, 0.2) is 47.8 Å². The zero-order valence-electron chi connectivity index (χ0n) is 41.2. The van der Waals surface area contributed by atoms with Gasteiger partial charge in [-0.2, -0.15) is 0 Å². The Morgan fingerprint density at radius 3 is 0.742 bits per heavy atom. The van der Waals surface area contributed by atoms with E-state index in [1.54, 1.807) is 34.0 Å². The van der Waals surface area contributed by atoms with Crippen molar-refractivity contribution in [1.29, 1.82) is 0 Å². The van der Waals surface area contributed by atoms with E-state index >= 15 is 0 Å². The fourth-order valence-electron chi connectivity index (χ4n) is 8.69. The highest BCUT2D eigenvalue weighted by Gasteiger charge is 2.19. The third kappa shape index (κ3) is 22.0. The number of hydrogen-bond acceptors (Lipinski definition) is 3. The number of benzene rings is 1. The highest BCUT2D eigenvalue weighted by atomic mass is 79.9. The zero-order chi connectivity index (χ0) is 46.9. The molecule has 0 aliphatic carbocycles. The Bertz CT molecular complexity index is 1860. The van der Waals surface area contributed by atoms with Gasteiger partial charge in [0.25, 0.3) is 0 Å². The molecule has 0 nitrogen and oxygen atoms in total. The van der Waals surface area contributed by atoms with Crippen molar-refractivity contribution in [2.75, 3.05) is 0 Å². The Kier molecular flexibility index (Phi) is 31.4. The minimum atomic E-state index is 0.901. The average molecular weight is 1140 g/mol. The molecule has 0 amide bonds. The summed E-state index contributed by atoms with van der Waals surface area (Å²) in [5, 5.41) is 6.62. The van der Waals surface area contributed by atoms with E-state index in [9.17, 15) is 0 Å². The van der Waals surface area contributed by atoms with Gasteiger partial charge in [0, 0.05) is 0 Å². The van der Waals surface area contributed by atoms with Crippen LogP contribution in [0.5, 0.6) is 0 Å². The Balaban J connectivity index is 1.49. The van der Waals surface area contributed by atoms with Crippen LogP contribution in [0.4, 0.5) is 0 Å². The van der Waals surface area contributed by atoms with Crippen LogP contribution in [-0.2, 0) is 19.3 Å². The first-order valence-corrected chi connectivity index (χ1v) is 31.5. The Hall–Kier alpha value is -1.56. The molecule has 1 aromatic carbocycles. The molecule has 0 saturated heterocycles. The molecular formula is C60H81Br3S3. The van der Waals surface area contributed by atoms with Gasteiger partial charge in [-0.15, -0.1) is 34.0 Å². The summed E-state index contributed by atoms with van der Waals surface area (Å²) in [6, 6.07) is 6.85. The van der Waals surface area contributed by atoms with Gasteiger partial charge in [-0.1, -0.05) is 230 Å². The summed E-state index contributed by atoms with van der Waals surface area (Å²) in [5.41, 5.74) is 6.82. The van der Waals surface area contributed by atoms with Crippen LogP contribution >= 0.6 is 81.8 Å². The van der Waals surface area contributed by atoms with Crippen LogP contribution in [0.1, 0.15) is 261 Å². The van der Waals surface area contributed by atoms with Gasteiger partial charge in [-0.25, -0.2) is 0 Å². The van der Waals surface area contributed by atoms with Crippen molar-refractivity contribution in [3.63, 3.8) is 0 Å². The van der Waals surface area contributed by atoms with E-state index in [2.05, 4.69) is 138 Å². The van der Waals surface area contributed by atoms with E-state index < -0.39 is 0 Å². The molecule has 0 N–H and O–H groups in total. The molecule has 0 aliphatic heterocycles. The lowest BCUT2D eigenvalue weighted by Crippen LogP contribution is -1.95. The summed E-state index contributed by atoms with van der Waals surface area (Å²) in [5.74, 6) is 21.7. The molecule has 3 heterocycles. The monoisotopic (exact) mass is 1130 g/mol. The maximum Gasteiger partial charge on any atom is 0.0804 e. The minimum Gasteiger partial charge on any atom is -0.135 e. The molecule has 0 radical (unpaired) electrons. The van der Waals surface area contributed by atoms with E-state index in [1.165, 1.54) is 224 Å². The number of hydrogen-bond donors (Lipinski definition) is 0. The SMILES string of the molecule is CCCCCCCCCCCCc1ccsc1C#Cc1c(Br)c(C#Cc2sccc2CCCCCCCCCCCC)c(Br)c(C#Cc2sccc2CCCCCCCCCCCC)c1Br. The summed E-state index contributed by atoms with van der Waals surface area (Å²) in [7, 11) is 0. The van der Waals surface area contributed by atoms with Gasteiger partial charge in [0.1, 0.15) is 0 Å². The van der Waals surface area contributed by atoms with Crippen LogP contribution in [-0.4, -0.2) is 0 Å². The quantitative estimate of drug-likeness (QED) is 0.0329. The van der Waals surface area contributed by atoms with Gasteiger partial charge in [-0.05, 0) is 137 Å². The van der Waals surface area contributed by atoms with Crippen molar-refractivity contribution < 1.29 is 0 Å². The van der Waals surface area contributed by atoms with Crippen molar-refractivity contribution >= 4 is 81.8 Å². The van der Waals surface area contributed by atoms with Crippen molar-refractivity contribution in [1.82, 2.24) is 0 Å². The normalized spacial score (nSPS) is 11.0. The first kappa shape index (κ1) is 57.0. The van der Waals surface area contributed by atoms with Gasteiger partial charge in [0.15, 0.2) is 0 Å². The maximum absolute atomic E-state index is 4.02. The van der Waals surface area contributed by atoms with E-state index in [-0.39, 0.29) is 0 Å². The molecule has 0 bridgehead atoms. The predicted molar refractivity (Wildman–Crippen MR) is 307 cm³/mol. The van der Waals surface area contributed by atoms with Gasteiger partial charge < -0.3 is 0 Å². The van der Waals surface area contributed by atoms with Gasteiger partial charge in [0.2, 0.25) is 0 Å². The maximum atomic E-state index is 4.02. The van der Waals surface area contributed by atoms with Gasteiger partial charge in [0.05, 0.1) is 44.7 Å². The second kappa shape index (κ2) is 36.4. The van der Waals surface area contributed by atoms with E-state index in [0.29, 0.717) is 0 Å². The molecule has 4 rings (SSSR count). The highest BCUT2D eigenvalue weighted by Crippen LogP contribution is 2.38. The Labute approximate surface area is 441 Å². The topological polar surface area (TPSA) is 0 Å². The van der Waals surface area contributed by atoms with Crippen molar-refractivity contribution in [2.24, 2.45) is 0 Å².